The maximum atomic E-state index is 14.1. The Labute approximate surface area is 157 Å². The van der Waals surface area contributed by atoms with E-state index < -0.39 is 17.7 Å². The number of methoxy groups -OCH3 is 1. The summed E-state index contributed by atoms with van der Waals surface area (Å²) in [4.78, 5) is 15.9. The van der Waals surface area contributed by atoms with Gasteiger partial charge in [0, 0.05) is 24.9 Å². The first-order chi connectivity index (χ1) is 12.9. The number of ether oxygens (including phenoxy) is 1. The molecule has 0 unspecified atom stereocenters. The molecule has 3 aromatic heterocycles. The minimum atomic E-state index is -0.824. The van der Waals surface area contributed by atoms with E-state index in [4.69, 9.17) is 16.3 Å². The number of aromatic amines is 1. The van der Waals surface area contributed by atoms with E-state index in [1.165, 1.54) is 7.11 Å². The van der Waals surface area contributed by atoms with Crippen molar-refractivity contribution in [2.45, 2.75) is 13.0 Å². The summed E-state index contributed by atoms with van der Waals surface area (Å²) in [7, 11) is 1.43. The standard InChI is InChI=1S/C15H15ClF2N8O/c1-7-3-11(26-25-7)21-15-23-13(16)22-14(24-15)20-10(6-27-2)12-9(18)4-8(17)5-19-12/h3-5,10H,6H2,1-2H3,(H3,20,21,22,23,24,25,26)/t10-/m0/s1. The Kier molecular flexibility index (Phi) is 5.72. The minimum absolute atomic E-state index is 0.0280. The average Bonchev–Trinajstić information content (AvgIpc) is 2.99. The van der Waals surface area contributed by atoms with E-state index in [1.807, 2.05) is 6.92 Å². The molecule has 0 fully saturated rings. The SMILES string of the molecule is COC[C@H](Nc1nc(Cl)nc(Nc2cc(C)[nH]n2)n1)c1ncc(F)cc1F. The Morgan fingerprint density at radius 1 is 1.22 bits per heavy atom. The second-order valence-electron chi connectivity index (χ2n) is 5.49. The van der Waals surface area contributed by atoms with Gasteiger partial charge in [-0.3, -0.25) is 10.1 Å². The molecule has 0 spiro atoms. The van der Waals surface area contributed by atoms with E-state index in [0.717, 1.165) is 18.0 Å². The first kappa shape index (κ1) is 18.9. The van der Waals surface area contributed by atoms with Crippen LogP contribution < -0.4 is 10.6 Å². The van der Waals surface area contributed by atoms with E-state index in [2.05, 4.69) is 40.8 Å². The van der Waals surface area contributed by atoms with E-state index in [0.29, 0.717) is 5.82 Å². The van der Waals surface area contributed by atoms with Gasteiger partial charge < -0.3 is 15.4 Å². The predicted octanol–water partition coefficient (Wildman–Crippen LogP) is 2.77. The zero-order valence-corrected chi connectivity index (χ0v) is 15.1. The number of aromatic nitrogens is 6. The number of hydrogen-bond donors (Lipinski definition) is 3. The zero-order chi connectivity index (χ0) is 19.4. The molecule has 0 aliphatic heterocycles. The Balaban J connectivity index is 1.85. The lowest BCUT2D eigenvalue weighted by Gasteiger charge is -2.18. The molecule has 0 aromatic carbocycles. The number of H-pyrrole nitrogens is 1. The number of rotatable bonds is 7. The molecule has 12 heteroatoms. The number of nitrogens with zero attached hydrogens (tertiary/aromatic N) is 5. The Morgan fingerprint density at radius 3 is 2.67 bits per heavy atom. The zero-order valence-electron chi connectivity index (χ0n) is 14.3. The van der Waals surface area contributed by atoms with Crippen molar-refractivity contribution in [3.63, 3.8) is 0 Å². The maximum absolute atomic E-state index is 14.1. The van der Waals surface area contributed by atoms with Crippen LogP contribution in [0.3, 0.4) is 0 Å². The van der Waals surface area contributed by atoms with Gasteiger partial charge in [0.05, 0.1) is 18.8 Å². The van der Waals surface area contributed by atoms with E-state index in [1.54, 1.807) is 6.07 Å². The van der Waals surface area contributed by atoms with Gasteiger partial charge in [-0.25, -0.2) is 8.78 Å². The highest BCUT2D eigenvalue weighted by atomic mass is 35.5. The molecule has 3 aromatic rings. The van der Waals surface area contributed by atoms with Crippen LogP contribution in [-0.2, 0) is 4.74 Å². The third-order valence-corrected chi connectivity index (χ3v) is 3.53. The predicted molar refractivity (Wildman–Crippen MR) is 93.8 cm³/mol. The lowest BCUT2D eigenvalue weighted by molar-refractivity contribution is 0.183. The van der Waals surface area contributed by atoms with Gasteiger partial charge in [-0.2, -0.15) is 20.1 Å². The molecule has 1 atom stereocenters. The second-order valence-corrected chi connectivity index (χ2v) is 5.82. The molecule has 0 amide bonds. The second kappa shape index (κ2) is 8.18. The van der Waals surface area contributed by atoms with Crippen molar-refractivity contribution in [2.75, 3.05) is 24.4 Å². The first-order valence-corrected chi connectivity index (χ1v) is 8.09. The summed E-state index contributed by atoms with van der Waals surface area (Å²) >= 11 is 5.94. The fourth-order valence-electron chi connectivity index (χ4n) is 2.26. The fraction of sp³-hybridized carbons (Fsp3) is 0.267. The molecule has 0 saturated heterocycles. The summed E-state index contributed by atoms with van der Waals surface area (Å²) in [5.74, 6) is -0.933. The molecule has 0 radical (unpaired) electrons. The van der Waals surface area contributed by atoms with Crippen LogP contribution in [-0.4, -0.2) is 43.8 Å². The van der Waals surface area contributed by atoms with Crippen LogP contribution in [0.2, 0.25) is 5.28 Å². The third-order valence-electron chi connectivity index (χ3n) is 3.36. The van der Waals surface area contributed by atoms with Crippen LogP contribution in [0.25, 0.3) is 0 Å². The first-order valence-electron chi connectivity index (χ1n) is 7.71. The van der Waals surface area contributed by atoms with Crippen molar-refractivity contribution in [1.29, 1.82) is 0 Å². The summed E-state index contributed by atoms with van der Waals surface area (Å²) in [5.41, 5.74) is 0.793. The number of aryl methyl sites for hydroxylation is 1. The largest absolute Gasteiger partial charge is 0.382 e. The van der Waals surface area contributed by atoms with Gasteiger partial charge in [0.2, 0.25) is 17.2 Å². The lowest BCUT2D eigenvalue weighted by atomic mass is 10.2. The third kappa shape index (κ3) is 4.83. The van der Waals surface area contributed by atoms with Crippen molar-refractivity contribution in [3.8, 4) is 0 Å². The Bertz CT molecular complexity index is 938. The molecule has 27 heavy (non-hydrogen) atoms. The van der Waals surface area contributed by atoms with Crippen LogP contribution in [0.1, 0.15) is 17.4 Å². The minimum Gasteiger partial charge on any atom is -0.382 e. The summed E-state index contributed by atoms with van der Waals surface area (Å²) in [6.45, 7) is 1.87. The Morgan fingerprint density at radius 2 is 2.00 bits per heavy atom. The molecule has 0 aliphatic carbocycles. The van der Waals surface area contributed by atoms with Crippen LogP contribution in [0.4, 0.5) is 26.5 Å². The van der Waals surface area contributed by atoms with Gasteiger partial charge in [0.1, 0.15) is 17.3 Å². The molecule has 0 aliphatic rings. The monoisotopic (exact) mass is 396 g/mol. The van der Waals surface area contributed by atoms with Gasteiger partial charge >= 0.3 is 0 Å². The normalized spacial score (nSPS) is 12.0. The average molecular weight is 397 g/mol. The van der Waals surface area contributed by atoms with E-state index in [-0.39, 0.29) is 29.5 Å². The van der Waals surface area contributed by atoms with Gasteiger partial charge in [-0.15, -0.1) is 0 Å². The van der Waals surface area contributed by atoms with Crippen LogP contribution in [0, 0.1) is 18.6 Å². The van der Waals surface area contributed by atoms with Gasteiger partial charge in [0.25, 0.3) is 0 Å². The molecule has 142 valence electrons. The Hall–Kier alpha value is -2.92. The van der Waals surface area contributed by atoms with E-state index in [9.17, 15) is 8.78 Å². The molecule has 3 rings (SSSR count). The number of nitrogens with one attached hydrogen (secondary N) is 3. The number of pyridine rings is 1. The molecule has 9 nitrogen and oxygen atoms in total. The summed E-state index contributed by atoms with van der Waals surface area (Å²) < 4.78 is 32.3. The number of halogens is 3. The van der Waals surface area contributed by atoms with Gasteiger partial charge in [0.15, 0.2) is 5.82 Å². The van der Waals surface area contributed by atoms with Crippen LogP contribution in [0.15, 0.2) is 18.3 Å². The molecule has 0 bridgehead atoms. The van der Waals surface area contributed by atoms with Crippen LogP contribution in [0.5, 0.6) is 0 Å². The lowest BCUT2D eigenvalue weighted by Crippen LogP contribution is -2.21. The maximum Gasteiger partial charge on any atom is 0.234 e. The van der Waals surface area contributed by atoms with E-state index >= 15 is 0 Å². The number of hydrogen-bond acceptors (Lipinski definition) is 8. The summed E-state index contributed by atoms with van der Waals surface area (Å²) in [6.07, 6.45) is 0.913. The fourth-order valence-corrected chi connectivity index (χ4v) is 2.42. The van der Waals surface area contributed by atoms with Gasteiger partial charge in [-0.1, -0.05) is 0 Å². The van der Waals surface area contributed by atoms with Crippen molar-refractivity contribution in [3.05, 3.63) is 46.6 Å². The van der Waals surface area contributed by atoms with Crippen LogP contribution >= 0.6 is 11.6 Å². The highest BCUT2D eigenvalue weighted by molar-refractivity contribution is 6.28. The molecule has 0 saturated carbocycles. The quantitative estimate of drug-likeness (QED) is 0.558. The molecular weight excluding hydrogens is 382 g/mol. The smallest absolute Gasteiger partial charge is 0.234 e. The molecule has 3 N–H and O–H groups in total. The van der Waals surface area contributed by atoms with Crippen molar-refractivity contribution >= 4 is 29.3 Å². The highest BCUT2D eigenvalue weighted by Gasteiger charge is 2.20. The van der Waals surface area contributed by atoms with Crippen molar-refractivity contribution in [2.24, 2.45) is 0 Å². The topological polar surface area (TPSA) is 114 Å². The van der Waals surface area contributed by atoms with Crippen molar-refractivity contribution < 1.29 is 13.5 Å². The number of anilines is 3. The van der Waals surface area contributed by atoms with Crippen molar-refractivity contribution in [1.82, 2.24) is 30.1 Å². The van der Waals surface area contributed by atoms with Gasteiger partial charge in [-0.05, 0) is 18.5 Å². The molecule has 3 heterocycles. The molecular formula is C15H15ClF2N8O. The highest BCUT2D eigenvalue weighted by Crippen LogP contribution is 2.21. The summed E-state index contributed by atoms with van der Waals surface area (Å²) in [6, 6.07) is 1.70. The summed E-state index contributed by atoms with van der Waals surface area (Å²) in [5, 5.41) is 12.4.